The lowest BCUT2D eigenvalue weighted by Gasteiger charge is -2.07. The Hall–Kier alpha value is -2.63. The van der Waals surface area contributed by atoms with Crippen molar-refractivity contribution in [3.8, 4) is 0 Å². The lowest BCUT2D eigenvalue weighted by Crippen LogP contribution is -2.10. The van der Waals surface area contributed by atoms with Crippen LogP contribution in [0, 0.1) is 6.92 Å². The zero-order valence-corrected chi connectivity index (χ0v) is 9.51. The fraction of sp³-hybridized carbons (Fsp3) is 0.0833. The number of hydrogen-bond donors (Lipinski definition) is 3. The molecule has 0 aliphatic rings. The van der Waals surface area contributed by atoms with E-state index in [1.54, 1.807) is 13.0 Å². The normalized spacial score (nSPS) is 10.3. The van der Waals surface area contributed by atoms with Gasteiger partial charge < -0.3 is 15.5 Å². The molecule has 0 unspecified atom stereocenters. The largest absolute Gasteiger partial charge is 0.478 e. The first kappa shape index (κ1) is 13.4. The molecule has 18 heavy (non-hydrogen) atoms. The van der Waals surface area contributed by atoms with Crippen LogP contribution in [0.25, 0.3) is 0 Å². The lowest BCUT2D eigenvalue weighted by atomic mass is 10.1. The van der Waals surface area contributed by atoms with Crippen LogP contribution in [0.15, 0.2) is 30.4 Å². The van der Waals surface area contributed by atoms with Gasteiger partial charge in [0.2, 0.25) is 5.91 Å². The minimum Gasteiger partial charge on any atom is -0.478 e. The molecule has 6 nitrogen and oxygen atoms in total. The van der Waals surface area contributed by atoms with E-state index in [0.29, 0.717) is 17.3 Å². The van der Waals surface area contributed by atoms with E-state index in [9.17, 15) is 14.4 Å². The Kier molecular flexibility index (Phi) is 4.20. The van der Waals surface area contributed by atoms with Crippen molar-refractivity contribution < 1.29 is 24.6 Å². The van der Waals surface area contributed by atoms with Crippen molar-refractivity contribution in [2.24, 2.45) is 0 Å². The third-order valence-corrected chi connectivity index (χ3v) is 2.12. The number of nitrogens with one attached hydrogen (secondary N) is 1. The molecule has 0 bridgehead atoms. The quantitative estimate of drug-likeness (QED) is 0.697. The van der Waals surface area contributed by atoms with Gasteiger partial charge in [-0.15, -0.1) is 0 Å². The minimum atomic E-state index is -1.24. The first-order valence-corrected chi connectivity index (χ1v) is 4.96. The van der Waals surface area contributed by atoms with Crippen molar-refractivity contribution >= 4 is 23.5 Å². The summed E-state index contributed by atoms with van der Waals surface area (Å²) >= 11 is 0. The Morgan fingerprint density at radius 3 is 2.39 bits per heavy atom. The van der Waals surface area contributed by atoms with Gasteiger partial charge in [0, 0.05) is 17.8 Å². The van der Waals surface area contributed by atoms with Gasteiger partial charge in [-0.05, 0) is 24.6 Å². The van der Waals surface area contributed by atoms with Crippen molar-refractivity contribution in [3.63, 3.8) is 0 Å². The van der Waals surface area contributed by atoms with Crippen LogP contribution < -0.4 is 5.32 Å². The average molecular weight is 249 g/mol. The molecule has 0 heterocycles. The summed E-state index contributed by atoms with van der Waals surface area (Å²) in [7, 11) is 0. The van der Waals surface area contributed by atoms with Gasteiger partial charge in [-0.3, -0.25) is 4.79 Å². The second kappa shape index (κ2) is 5.62. The number of carboxylic acid groups (broad SMARTS) is 2. The molecule has 0 saturated carbocycles. The highest BCUT2D eigenvalue weighted by atomic mass is 16.4. The topological polar surface area (TPSA) is 104 Å². The van der Waals surface area contributed by atoms with E-state index in [2.05, 4.69) is 5.32 Å². The summed E-state index contributed by atoms with van der Waals surface area (Å²) in [4.78, 5) is 32.3. The molecule has 0 fully saturated rings. The molecule has 1 amide bonds. The smallest absolute Gasteiger partial charge is 0.335 e. The number of aliphatic carboxylic acids is 1. The van der Waals surface area contributed by atoms with Crippen LogP contribution in [0.1, 0.15) is 15.9 Å². The zero-order chi connectivity index (χ0) is 13.7. The third-order valence-electron chi connectivity index (χ3n) is 2.12. The minimum absolute atomic E-state index is 0.0399. The van der Waals surface area contributed by atoms with Crippen molar-refractivity contribution in [1.82, 2.24) is 0 Å². The van der Waals surface area contributed by atoms with E-state index >= 15 is 0 Å². The molecule has 0 spiro atoms. The standard InChI is InChI=1S/C12H11NO5/c1-7-2-3-8(12(17)18)6-9(7)13-10(14)4-5-11(15)16/h2-6H,1H3,(H,13,14)(H,15,16)(H,17,18). The third kappa shape index (κ3) is 3.75. The summed E-state index contributed by atoms with van der Waals surface area (Å²) in [5.41, 5.74) is 1.05. The van der Waals surface area contributed by atoms with Crippen molar-refractivity contribution in [2.75, 3.05) is 5.32 Å². The molecule has 0 saturated heterocycles. The summed E-state index contributed by atoms with van der Waals surface area (Å²) in [6.45, 7) is 1.70. The van der Waals surface area contributed by atoms with Gasteiger partial charge in [0.1, 0.15) is 0 Å². The number of anilines is 1. The van der Waals surface area contributed by atoms with E-state index < -0.39 is 17.8 Å². The molecule has 1 rings (SSSR count). The van der Waals surface area contributed by atoms with Crippen LogP contribution in [0.2, 0.25) is 0 Å². The monoisotopic (exact) mass is 249 g/mol. The van der Waals surface area contributed by atoms with Crippen LogP contribution in [0.4, 0.5) is 5.69 Å². The van der Waals surface area contributed by atoms with Gasteiger partial charge in [-0.1, -0.05) is 6.07 Å². The van der Waals surface area contributed by atoms with Gasteiger partial charge in [0.15, 0.2) is 0 Å². The van der Waals surface area contributed by atoms with E-state index in [-0.39, 0.29) is 5.56 Å². The highest BCUT2D eigenvalue weighted by Crippen LogP contribution is 2.16. The molecular formula is C12H11NO5. The fourth-order valence-electron chi connectivity index (χ4n) is 1.21. The molecule has 0 radical (unpaired) electrons. The summed E-state index contributed by atoms with van der Waals surface area (Å²) in [5.74, 6) is -2.98. The predicted molar refractivity (Wildman–Crippen MR) is 63.5 cm³/mol. The molecule has 0 aliphatic carbocycles. The highest BCUT2D eigenvalue weighted by Gasteiger charge is 2.07. The van der Waals surface area contributed by atoms with Crippen LogP contribution in [-0.2, 0) is 9.59 Å². The van der Waals surface area contributed by atoms with Crippen molar-refractivity contribution in [2.45, 2.75) is 6.92 Å². The molecule has 0 aliphatic heterocycles. The number of amides is 1. The number of aromatic carboxylic acids is 1. The van der Waals surface area contributed by atoms with Crippen LogP contribution in [0.3, 0.4) is 0 Å². The Morgan fingerprint density at radius 1 is 1.17 bits per heavy atom. The number of hydrogen-bond acceptors (Lipinski definition) is 3. The molecule has 0 atom stereocenters. The van der Waals surface area contributed by atoms with Gasteiger partial charge in [-0.25, -0.2) is 9.59 Å². The van der Waals surface area contributed by atoms with Gasteiger partial charge in [-0.2, -0.15) is 0 Å². The van der Waals surface area contributed by atoms with E-state index in [1.165, 1.54) is 12.1 Å². The maximum atomic E-state index is 11.3. The Morgan fingerprint density at radius 2 is 1.83 bits per heavy atom. The number of carbonyl (C=O) groups is 3. The van der Waals surface area contributed by atoms with Crippen LogP contribution in [-0.4, -0.2) is 28.1 Å². The Labute approximate surface area is 103 Å². The molecule has 6 heteroatoms. The lowest BCUT2D eigenvalue weighted by molar-refractivity contribution is -0.131. The SMILES string of the molecule is Cc1ccc(C(=O)O)cc1NC(=O)C=CC(=O)O. The van der Waals surface area contributed by atoms with E-state index in [4.69, 9.17) is 10.2 Å². The second-order valence-corrected chi connectivity index (χ2v) is 3.50. The van der Waals surface area contributed by atoms with Gasteiger partial charge in [0.25, 0.3) is 0 Å². The number of rotatable bonds is 4. The second-order valence-electron chi connectivity index (χ2n) is 3.50. The molecular weight excluding hydrogens is 238 g/mol. The summed E-state index contributed by atoms with van der Waals surface area (Å²) < 4.78 is 0. The fourth-order valence-corrected chi connectivity index (χ4v) is 1.21. The molecule has 1 aromatic rings. The first-order chi connectivity index (χ1) is 8.40. The Balaban J connectivity index is 2.90. The number of carbonyl (C=O) groups excluding carboxylic acids is 1. The summed E-state index contributed by atoms with van der Waals surface area (Å²) in [5, 5.41) is 19.6. The van der Waals surface area contributed by atoms with Crippen LogP contribution in [0.5, 0.6) is 0 Å². The van der Waals surface area contributed by atoms with Crippen molar-refractivity contribution in [3.05, 3.63) is 41.5 Å². The predicted octanol–water partition coefficient (Wildman–Crippen LogP) is 1.27. The molecule has 94 valence electrons. The first-order valence-electron chi connectivity index (χ1n) is 4.96. The van der Waals surface area contributed by atoms with Crippen molar-refractivity contribution in [1.29, 1.82) is 0 Å². The maximum Gasteiger partial charge on any atom is 0.335 e. The highest BCUT2D eigenvalue weighted by molar-refractivity contribution is 6.03. The van der Waals surface area contributed by atoms with E-state index in [0.717, 1.165) is 6.08 Å². The maximum absolute atomic E-state index is 11.3. The molecule has 0 aromatic heterocycles. The van der Waals surface area contributed by atoms with Gasteiger partial charge >= 0.3 is 11.9 Å². The van der Waals surface area contributed by atoms with E-state index in [1.807, 2.05) is 0 Å². The average Bonchev–Trinajstić information content (AvgIpc) is 2.29. The number of aryl methyl sites for hydroxylation is 1. The summed E-state index contributed by atoms with van der Waals surface area (Å²) in [6.07, 6.45) is 1.56. The molecule has 3 N–H and O–H groups in total. The Bertz CT molecular complexity index is 533. The molecule has 1 aromatic carbocycles. The zero-order valence-electron chi connectivity index (χ0n) is 9.51. The summed E-state index contributed by atoms with van der Waals surface area (Å²) in [6, 6.07) is 4.28. The van der Waals surface area contributed by atoms with Crippen LogP contribution >= 0.6 is 0 Å². The number of benzene rings is 1. The number of carboxylic acids is 2. The van der Waals surface area contributed by atoms with Gasteiger partial charge in [0.05, 0.1) is 5.56 Å².